The lowest BCUT2D eigenvalue weighted by Gasteiger charge is -2.43. The minimum absolute atomic E-state index is 0.0247. The fourth-order valence-electron chi connectivity index (χ4n) is 5.88. The molecule has 0 saturated carbocycles. The highest BCUT2D eigenvalue weighted by Crippen LogP contribution is 2.28. The zero-order valence-corrected chi connectivity index (χ0v) is 24.8. The Hall–Kier alpha value is -1.79. The molecular formula is C28H48N2O13. The summed E-state index contributed by atoms with van der Waals surface area (Å²) in [4.78, 5) is 42.3. The highest BCUT2D eigenvalue weighted by atomic mass is 16.7. The molecular weight excluding hydrogens is 572 g/mol. The number of carbonyl (C=O) groups is 3. The Kier molecular flexibility index (Phi) is 13.7. The summed E-state index contributed by atoms with van der Waals surface area (Å²) in [5.74, 6) is -2.06. The van der Waals surface area contributed by atoms with Gasteiger partial charge < -0.3 is 55.0 Å². The van der Waals surface area contributed by atoms with Crippen LogP contribution in [0.2, 0.25) is 0 Å². The predicted molar refractivity (Wildman–Crippen MR) is 147 cm³/mol. The van der Waals surface area contributed by atoms with E-state index in [1.54, 1.807) is 6.92 Å². The summed E-state index contributed by atoms with van der Waals surface area (Å²) in [6.07, 6.45) is -8.41. The first-order valence-electron chi connectivity index (χ1n) is 15.1. The van der Waals surface area contributed by atoms with Gasteiger partial charge in [-0.25, -0.2) is 4.79 Å². The van der Waals surface area contributed by atoms with Gasteiger partial charge in [-0.1, -0.05) is 13.3 Å². The lowest BCUT2D eigenvalue weighted by molar-refractivity contribution is -0.240. The first-order chi connectivity index (χ1) is 20.3. The second-order valence-electron chi connectivity index (χ2n) is 11.9. The maximum absolute atomic E-state index is 12.1. The molecule has 3 fully saturated rings. The SMILES string of the molecule is CC(CN(CCCCCC(=O)ON1C(=O)CCC1=O)CCC[C@@H]1O[C@@H](C)[C@@H](O)[C@@H](O)[C@@H]1O)[C@@H]1O[C@H](CO)[C@@H](O)[C@H](O)[C@H]1O. The van der Waals surface area contributed by atoms with Crippen LogP contribution in [-0.2, 0) is 28.7 Å². The largest absolute Gasteiger partial charge is 0.394 e. The maximum Gasteiger partial charge on any atom is 0.333 e. The van der Waals surface area contributed by atoms with Crippen LogP contribution in [-0.4, -0.2) is 151 Å². The monoisotopic (exact) mass is 620 g/mol. The van der Waals surface area contributed by atoms with E-state index in [9.17, 15) is 50.1 Å². The third-order valence-electron chi connectivity index (χ3n) is 8.50. The van der Waals surface area contributed by atoms with E-state index in [2.05, 4.69) is 4.90 Å². The number of hydroxylamine groups is 2. The molecule has 7 N–H and O–H groups in total. The minimum Gasteiger partial charge on any atom is -0.394 e. The average molecular weight is 621 g/mol. The molecule has 3 aliphatic rings. The van der Waals surface area contributed by atoms with E-state index in [4.69, 9.17) is 14.3 Å². The van der Waals surface area contributed by atoms with Gasteiger partial charge in [-0.05, 0) is 51.6 Å². The van der Waals surface area contributed by atoms with Gasteiger partial charge >= 0.3 is 5.97 Å². The molecule has 0 bridgehead atoms. The van der Waals surface area contributed by atoms with E-state index < -0.39 is 85.4 Å². The van der Waals surface area contributed by atoms with Gasteiger partial charge in [0.15, 0.2) is 0 Å². The molecule has 0 radical (unpaired) electrons. The molecule has 0 aromatic rings. The smallest absolute Gasteiger partial charge is 0.333 e. The molecule has 248 valence electrons. The van der Waals surface area contributed by atoms with Crippen LogP contribution in [0.25, 0.3) is 0 Å². The normalized spacial score (nSPS) is 35.9. The molecule has 11 atom stereocenters. The number of unbranched alkanes of at least 4 members (excludes halogenated alkanes) is 2. The molecule has 0 spiro atoms. The molecule has 3 heterocycles. The number of aliphatic hydroxyl groups is 7. The number of nitrogens with zero attached hydrogens (tertiary/aromatic N) is 2. The summed E-state index contributed by atoms with van der Waals surface area (Å²) in [5.41, 5.74) is 0. The van der Waals surface area contributed by atoms with Crippen LogP contribution in [0.5, 0.6) is 0 Å². The van der Waals surface area contributed by atoms with Crippen molar-refractivity contribution < 1.29 is 64.4 Å². The topological polar surface area (TPSA) is 227 Å². The van der Waals surface area contributed by atoms with E-state index in [0.717, 1.165) is 0 Å². The molecule has 2 amide bonds. The number of carbonyl (C=O) groups excluding carboxylic acids is 3. The summed E-state index contributed by atoms with van der Waals surface area (Å²) in [6, 6.07) is 0. The first kappa shape index (κ1) is 35.7. The van der Waals surface area contributed by atoms with Gasteiger partial charge in [-0.15, -0.1) is 5.06 Å². The van der Waals surface area contributed by atoms with Gasteiger partial charge in [-0.3, -0.25) is 9.59 Å². The maximum atomic E-state index is 12.1. The highest BCUT2D eigenvalue weighted by molar-refractivity contribution is 6.01. The van der Waals surface area contributed by atoms with Gasteiger partial charge in [0.05, 0.1) is 24.9 Å². The van der Waals surface area contributed by atoms with Gasteiger partial charge in [0.1, 0.15) is 42.7 Å². The second kappa shape index (κ2) is 16.5. The molecule has 43 heavy (non-hydrogen) atoms. The zero-order valence-electron chi connectivity index (χ0n) is 24.8. The average Bonchev–Trinajstić information content (AvgIpc) is 3.29. The van der Waals surface area contributed by atoms with Crippen LogP contribution in [0.4, 0.5) is 0 Å². The molecule has 1 unspecified atom stereocenters. The number of ether oxygens (including phenoxy) is 2. The summed E-state index contributed by atoms with van der Waals surface area (Å²) in [6.45, 7) is 4.44. The van der Waals surface area contributed by atoms with Crippen LogP contribution in [0.1, 0.15) is 65.2 Å². The number of aliphatic hydroxyl groups excluding tert-OH is 7. The number of amides is 2. The Bertz CT molecular complexity index is 907. The van der Waals surface area contributed by atoms with Crippen molar-refractivity contribution in [1.29, 1.82) is 0 Å². The Labute approximate surface area is 250 Å². The lowest BCUT2D eigenvalue weighted by atomic mass is 9.88. The van der Waals surface area contributed by atoms with E-state index in [1.807, 2.05) is 6.92 Å². The van der Waals surface area contributed by atoms with Crippen molar-refractivity contribution in [1.82, 2.24) is 9.96 Å². The Morgan fingerprint density at radius 1 is 0.860 bits per heavy atom. The Morgan fingerprint density at radius 2 is 1.47 bits per heavy atom. The van der Waals surface area contributed by atoms with Crippen LogP contribution < -0.4 is 0 Å². The van der Waals surface area contributed by atoms with Crippen molar-refractivity contribution in [2.45, 2.75) is 126 Å². The fraction of sp³-hybridized carbons (Fsp3) is 0.893. The van der Waals surface area contributed by atoms with E-state index in [0.29, 0.717) is 56.8 Å². The fourth-order valence-corrected chi connectivity index (χ4v) is 5.88. The number of hydrogen-bond donors (Lipinski definition) is 7. The number of imide groups is 1. The van der Waals surface area contributed by atoms with Gasteiger partial charge in [0.2, 0.25) is 0 Å². The molecule has 0 aliphatic carbocycles. The molecule has 0 aromatic carbocycles. The third kappa shape index (κ3) is 9.36. The van der Waals surface area contributed by atoms with Crippen molar-refractivity contribution in [3.8, 4) is 0 Å². The lowest BCUT2D eigenvalue weighted by Crippen LogP contribution is -2.60. The van der Waals surface area contributed by atoms with Crippen LogP contribution in [0, 0.1) is 5.92 Å². The summed E-state index contributed by atoms with van der Waals surface area (Å²) in [5, 5.41) is 71.4. The van der Waals surface area contributed by atoms with Crippen LogP contribution in [0.15, 0.2) is 0 Å². The van der Waals surface area contributed by atoms with E-state index >= 15 is 0 Å². The molecule has 3 saturated heterocycles. The number of rotatable bonds is 15. The van der Waals surface area contributed by atoms with Crippen molar-refractivity contribution in [2.24, 2.45) is 5.92 Å². The first-order valence-corrected chi connectivity index (χ1v) is 15.1. The van der Waals surface area contributed by atoms with Gasteiger partial charge in [-0.2, -0.15) is 0 Å². The zero-order chi connectivity index (χ0) is 31.8. The molecule has 3 rings (SSSR count). The predicted octanol–water partition coefficient (Wildman–Crippen LogP) is -2.42. The summed E-state index contributed by atoms with van der Waals surface area (Å²) in [7, 11) is 0. The third-order valence-corrected chi connectivity index (χ3v) is 8.50. The van der Waals surface area contributed by atoms with Crippen molar-refractivity contribution in [3.63, 3.8) is 0 Å². The second-order valence-corrected chi connectivity index (χ2v) is 11.9. The standard InChI is InChI=1S/C28H48N2O13/c1-15(28-27(40)26(39)24(37)18(14-31)42-28)13-29(12-6-7-17-23(36)25(38)22(35)16(2)41-17)11-5-3-4-8-21(34)43-30-19(32)9-10-20(30)33/h15-18,22-28,31,35-40H,3-14H2,1-2H3/t15?,16-,17-,18+,22+,23+,24+,25+,26-,27+,28-/m0/s1. The molecule has 0 aromatic heterocycles. The Morgan fingerprint density at radius 3 is 2.12 bits per heavy atom. The summed E-state index contributed by atoms with van der Waals surface area (Å²) < 4.78 is 11.4. The van der Waals surface area contributed by atoms with Crippen molar-refractivity contribution in [2.75, 3.05) is 26.2 Å². The van der Waals surface area contributed by atoms with Crippen LogP contribution in [0.3, 0.4) is 0 Å². The molecule has 15 nitrogen and oxygen atoms in total. The number of hydrogen-bond acceptors (Lipinski definition) is 14. The van der Waals surface area contributed by atoms with Crippen molar-refractivity contribution >= 4 is 17.8 Å². The molecule has 15 heteroatoms. The van der Waals surface area contributed by atoms with Gasteiger partial charge in [0, 0.05) is 25.8 Å². The van der Waals surface area contributed by atoms with Gasteiger partial charge in [0.25, 0.3) is 11.8 Å². The van der Waals surface area contributed by atoms with E-state index in [1.165, 1.54) is 0 Å². The Balaban J connectivity index is 1.52. The quantitative estimate of drug-likeness (QED) is 0.0747. The van der Waals surface area contributed by atoms with Crippen LogP contribution >= 0.6 is 0 Å². The van der Waals surface area contributed by atoms with E-state index in [-0.39, 0.29) is 25.2 Å². The minimum atomic E-state index is -1.48. The highest BCUT2D eigenvalue weighted by Gasteiger charge is 2.45. The van der Waals surface area contributed by atoms with Crippen molar-refractivity contribution in [3.05, 3.63) is 0 Å². The summed E-state index contributed by atoms with van der Waals surface area (Å²) >= 11 is 0. The molecule has 3 aliphatic heterocycles.